The largest absolute Gasteiger partial charge is 0.369 e. The number of hydrogen-bond donors (Lipinski definition) is 1. The minimum absolute atomic E-state index is 0.128. The number of amides is 1. The van der Waals surface area contributed by atoms with E-state index < -0.39 is 6.04 Å². The number of anilines is 2. The number of carbonyl (C=O) groups is 1. The van der Waals surface area contributed by atoms with Crippen molar-refractivity contribution in [2.24, 2.45) is 0 Å². The van der Waals surface area contributed by atoms with E-state index in [4.69, 9.17) is 0 Å². The van der Waals surface area contributed by atoms with Crippen LogP contribution in [-0.2, 0) is 4.79 Å². The Hall–Kier alpha value is -3.18. The zero-order chi connectivity index (χ0) is 22.7. The zero-order valence-electron chi connectivity index (χ0n) is 18.9. The van der Waals surface area contributed by atoms with Gasteiger partial charge in [0.1, 0.15) is 11.9 Å². The fourth-order valence-electron chi connectivity index (χ4n) is 4.40. The van der Waals surface area contributed by atoms with Gasteiger partial charge >= 0.3 is 0 Å². The van der Waals surface area contributed by atoms with E-state index in [1.54, 1.807) is 6.07 Å². The standard InChI is InChI=1S/C27H30FN3O/c1-19-10-12-24(13-11-19)30-14-16-31(17-15-30)26(22-8-5-9-23(28)18-22)27(32)29-25-20(2)6-4-7-21(25)3/h4-13,18,26H,14-17H2,1-3H3,(H,29,32). The molecule has 0 aromatic heterocycles. The maximum absolute atomic E-state index is 14.1. The second kappa shape index (κ2) is 9.53. The SMILES string of the molecule is Cc1ccc(N2CCN(C(C(=O)Nc3c(C)cccc3C)c3cccc(F)c3)CC2)cc1. The van der Waals surface area contributed by atoms with Crippen LogP contribution in [0.15, 0.2) is 66.7 Å². The quantitative estimate of drug-likeness (QED) is 0.599. The van der Waals surface area contributed by atoms with Crippen molar-refractivity contribution in [2.75, 3.05) is 36.4 Å². The molecule has 5 heteroatoms. The normalized spacial score (nSPS) is 15.4. The summed E-state index contributed by atoms with van der Waals surface area (Å²) in [6, 6.07) is 20.3. The van der Waals surface area contributed by atoms with Crippen LogP contribution in [0.3, 0.4) is 0 Å². The van der Waals surface area contributed by atoms with Gasteiger partial charge in [-0.1, -0.05) is 48.0 Å². The van der Waals surface area contributed by atoms with Gasteiger partial charge < -0.3 is 10.2 Å². The molecule has 32 heavy (non-hydrogen) atoms. The van der Waals surface area contributed by atoms with Crippen molar-refractivity contribution in [2.45, 2.75) is 26.8 Å². The number of nitrogens with zero attached hydrogens (tertiary/aromatic N) is 2. The molecule has 1 fully saturated rings. The molecule has 1 atom stereocenters. The predicted molar refractivity (Wildman–Crippen MR) is 129 cm³/mol. The summed E-state index contributed by atoms with van der Waals surface area (Å²) in [5.41, 5.74) is 5.97. The summed E-state index contributed by atoms with van der Waals surface area (Å²) in [7, 11) is 0. The molecule has 1 amide bonds. The highest BCUT2D eigenvalue weighted by Gasteiger charge is 2.31. The second-order valence-electron chi connectivity index (χ2n) is 8.57. The van der Waals surface area contributed by atoms with Crippen LogP contribution in [-0.4, -0.2) is 37.0 Å². The monoisotopic (exact) mass is 431 g/mol. The first kappa shape index (κ1) is 22.0. The van der Waals surface area contributed by atoms with Gasteiger partial charge in [-0.3, -0.25) is 9.69 Å². The van der Waals surface area contributed by atoms with Crippen molar-refractivity contribution in [1.82, 2.24) is 4.90 Å². The maximum Gasteiger partial charge on any atom is 0.246 e. The molecule has 1 saturated heterocycles. The number of benzene rings is 3. The molecule has 0 radical (unpaired) electrons. The number of halogens is 1. The second-order valence-corrected chi connectivity index (χ2v) is 8.57. The molecule has 4 nitrogen and oxygen atoms in total. The highest BCUT2D eigenvalue weighted by Crippen LogP contribution is 2.28. The Labute approximate surface area is 189 Å². The van der Waals surface area contributed by atoms with E-state index in [9.17, 15) is 9.18 Å². The third-order valence-electron chi connectivity index (χ3n) is 6.22. The Morgan fingerprint density at radius 2 is 1.50 bits per heavy atom. The summed E-state index contributed by atoms with van der Waals surface area (Å²) >= 11 is 0. The van der Waals surface area contributed by atoms with Crippen LogP contribution in [0.5, 0.6) is 0 Å². The average Bonchev–Trinajstić information content (AvgIpc) is 2.78. The predicted octanol–water partition coefficient (Wildman–Crippen LogP) is 5.25. The van der Waals surface area contributed by atoms with E-state index in [0.29, 0.717) is 5.56 Å². The van der Waals surface area contributed by atoms with Gasteiger partial charge in [-0.05, 0) is 61.7 Å². The van der Waals surface area contributed by atoms with Crippen molar-refractivity contribution >= 4 is 17.3 Å². The molecule has 1 aliphatic heterocycles. The third-order valence-corrected chi connectivity index (χ3v) is 6.22. The highest BCUT2D eigenvalue weighted by molar-refractivity contribution is 5.96. The molecule has 0 spiro atoms. The van der Waals surface area contributed by atoms with Crippen molar-refractivity contribution in [1.29, 1.82) is 0 Å². The maximum atomic E-state index is 14.1. The molecule has 0 bridgehead atoms. The van der Waals surface area contributed by atoms with Crippen LogP contribution in [0.4, 0.5) is 15.8 Å². The topological polar surface area (TPSA) is 35.6 Å². The van der Waals surface area contributed by atoms with E-state index in [0.717, 1.165) is 43.0 Å². The number of rotatable bonds is 5. The Kier molecular flexibility index (Phi) is 6.56. The molecule has 3 aromatic carbocycles. The highest BCUT2D eigenvalue weighted by atomic mass is 19.1. The molecule has 3 aromatic rings. The van der Waals surface area contributed by atoms with Crippen molar-refractivity contribution < 1.29 is 9.18 Å². The van der Waals surface area contributed by atoms with E-state index in [1.807, 2.05) is 38.1 Å². The lowest BCUT2D eigenvalue weighted by molar-refractivity contribution is -0.121. The lowest BCUT2D eigenvalue weighted by Crippen LogP contribution is -2.50. The molecule has 0 saturated carbocycles. The molecule has 1 unspecified atom stereocenters. The van der Waals surface area contributed by atoms with Crippen LogP contribution in [0.25, 0.3) is 0 Å². The van der Waals surface area contributed by atoms with Gasteiger partial charge in [0, 0.05) is 37.6 Å². The summed E-state index contributed by atoms with van der Waals surface area (Å²) < 4.78 is 14.1. The van der Waals surface area contributed by atoms with Crippen LogP contribution in [0, 0.1) is 26.6 Å². The number of nitrogens with one attached hydrogen (secondary N) is 1. The lowest BCUT2D eigenvalue weighted by Gasteiger charge is -2.40. The summed E-state index contributed by atoms with van der Waals surface area (Å²) in [6.45, 7) is 9.11. The molecule has 166 valence electrons. The molecule has 1 aliphatic rings. The number of carbonyl (C=O) groups excluding carboxylic acids is 1. The minimum atomic E-state index is -0.551. The summed E-state index contributed by atoms with van der Waals surface area (Å²) in [5.74, 6) is -0.456. The van der Waals surface area contributed by atoms with Crippen LogP contribution < -0.4 is 10.2 Å². The van der Waals surface area contributed by atoms with E-state index >= 15 is 0 Å². The summed E-state index contributed by atoms with van der Waals surface area (Å²) in [4.78, 5) is 18.0. The smallest absolute Gasteiger partial charge is 0.246 e. The Balaban J connectivity index is 1.56. The van der Waals surface area contributed by atoms with Gasteiger partial charge in [0.25, 0.3) is 0 Å². The molecular weight excluding hydrogens is 401 g/mol. The first-order valence-electron chi connectivity index (χ1n) is 11.1. The Morgan fingerprint density at radius 3 is 2.12 bits per heavy atom. The van der Waals surface area contributed by atoms with Crippen molar-refractivity contribution in [3.63, 3.8) is 0 Å². The molecule has 1 heterocycles. The Bertz CT molecular complexity index is 1070. The molecule has 0 aliphatic carbocycles. The number of aryl methyl sites for hydroxylation is 3. The molecule has 4 rings (SSSR count). The first-order chi connectivity index (χ1) is 15.4. The fraction of sp³-hybridized carbons (Fsp3) is 0.296. The van der Waals surface area contributed by atoms with Gasteiger partial charge in [0.2, 0.25) is 5.91 Å². The van der Waals surface area contributed by atoms with Crippen LogP contribution in [0.2, 0.25) is 0 Å². The van der Waals surface area contributed by atoms with Gasteiger partial charge in [-0.15, -0.1) is 0 Å². The Morgan fingerprint density at radius 1 is 0.875 bits per heavy atom. The van der Waals surface area contributed by atoms with E-state index in [1.165, 1.54) is 23.4 Å². The van der Waals surface area contributed by atoms with Crippen molar-refractivity contribution in [3.8, 4) is 0 Å². The molecule has 1 N–H and O–H groups in total. The van der Waals surface area contributed by atoms with Gasteiger partial charge in [-0.25, -0.2) is 4.39 Å². The van der Waals surface area contributed by atoms with Crippen LogP contribution in [0.1, 0.15) is 28.3 Å². The van der Waals surface area contributed by atoms with E-state index in [2.05, 4.69) is 46.3 Å². The van der Waals surface area contributed by atoms with Gasteiger partial charge in [-0.2, -0.15) is 0 Å². The number of hydrogen-bond acceptors (Lipinski definition) is 3. The van der Waals surface area contributed by atoms with Gasteiger partial charge in [0.15, 0.2) is 0 Å². The fourth-order valence-corrected chi connectivity index (χ4v) is 4.40. The summed E-state index contributed by atoms with van der Waals surface area (Å²) in [6.07, 6.45) is 0. The van der Waals surface area contributed by atoms with Crippen LogP contribution >= 0.6 is 0 Å². The van der Waals surface area contributed by atoms with E-state index in [-0.39, 0.29) is 11.7 Å². The number of piperazine rings is 1. The average molecular weight is 432 g/mol. The third kappa shape index (κ3) is 4.83. The summed E-state index contributed by atoms with van der Waals surface area (Å²) in [5, 5.41) is 3.13. The minimum Gasteiger partial charge on any atom is -0.369 e. The first-order valence-corrected chi connectivity index (χ1v) is 11.1. The lowest BCUT2D eigenvalue weighted by atomic mass is 10.0. The zero-order valence-corrected chi connectivity index (χ0v) is 18.9. The van der Waals surface area contributed by atoms with Crippen molar-refractivity contribution in [3.05, 3.63) is 94.8 Å². The van der Waals surface area contributed by atoms with Gasteiger partial charge in [0.05, 0.1) is 0 Å². The number of para-hydroxylation sites is 1. The molecular formula is C27H30FN3O.